The zero-order valence-electron chi connectivity index (χ0n) is 15.0. The van der Waals surface area contributed by atoms with Gasteiger partial charge in [-0.15, -0.1) is 0 Å². The Labute approximate surface area is 162 Å². The van der Waals surface area contributed by atoms with E-state index in [2.05, 4.69) is 51.0 Å². The SMILES string of the molecule is C=C/C(Br)=C\c1nc(-c2cc(N)cc(NS(C)(=O)=O)c2)[nH]c1C(C)CC. The quantitative estimate of drug-likeness (QED) is 0.438. The summed E-state index contributed by atoms with van der Waals surface area (Å²) in [4.78, 5) is 8.03. The van der Waals surface area contributed by atoms with Crippen molar-refractivity contribution in [2.24, 2.45) is 0 Å². The molecule has 2 aromatic rings. The number of allylic oxidation sites excluding steroid dienone is 2. The Kier molecular flexibility index (Phi) is 6.30. The molecule has 0 amide bonds. The van der Waals surface area contributed by atoms with Crippen LogP contribution in [-0.2, 0) is 10.0 Å². The molecule has 0 fully saturated rings. The van der Waals surface area contributed by atoms with E-state index in [4.69, 9.17) is 5.73 Å². The van der Waals surface area contributed by atoms with Crippen molar-refractivity contribution in [3.05, 3.63) is 46.7 Å². The fourth-order valence-electron chi connectivity index (χ4n) is 2.48. The summed E-state index contributed by atoms with van der Waals surface area (Å²) in [6.07, 6.45) is 5.64. The van der Waals surface area contributed by atoms with Crippen LogP contribution in [0.4, 0.5) is 11.4 Å². The fraction of sp³-hybridized carbons (Fsp3) is 0.278. The van der Waals surface area contributed by atoms with Crippen LogP contribution in [0.2, 0.25) is 0 Å². The molecule has 0 saturated carbocycles. The molecule has 0 saturated heterocycles. The van der Waals surface area contributed by atoms with Gasteiger partial charge in [0.1, 0.15) is 5.82 Å². The summed E-state index contributed by atoms with van der Waals surface area (Å²) >= 11 is 3.43. The second kappa shape index (κ2) is 8.09. The van der Waals surface area contributed by atoms with Crippen LogP contribution in [0, 0.1) is 0 Å². The molecule has 0 radical (unpaired) electrons. The minimum atomic E-state index is -3.40. The maximum Gasteiger partial charge on any atom is 0.229 e. The minimum absolute atomic E-state index is 0.280. The molecule has 4 N–H and O–H groups in total. The number of imidazole rings is 1. The third-order valence-electron chi connectivity index (χ3n) is 3.87. The molecule has 1 atom stereocenters. The van der Waals surface area contributed by atoms with Gasteiger partial charge in [0.2, 0.25) is 10.0 Å². The minimum Gasteiger partial charge on any atom is -0.399 e. The standard InChI is InChI=1S/C18H23BrN4O2S/c1-5-11(3)17-16(9-13(19)6-2)21-18(22-17)12-7-14(20)10-15(8-12)23-26(4,24)25/h6-11,23H,2,5,20H2,1,3-4H3,(H,21,22)/b13-9+. The summed E-state index contributed by atoms with van der Waals surface area (Å²) in [5, 5.41) is 0. The van der Waals surface area contributed by atoms with Gasteiger partial charge in [0.05, 0.1) is 17.6 Å². The summed E-state index contributed by atoms with van der Waals surface area (Å²) < 4.78 is 26.3. The van der Waals surface area contributed by atoms with Crippen LogP contribution in [0.1, 0.15) is 37.6 Å². The highest BCUT2D eigenvalue weighted by Gasteiger charge is 2.16. The fourth-order valence-corrected chi connectivity index (χ4v) is 3.24. The Balaban J connectivity index is 2.56. The molecule has 26 heavy (non-hydrogen) atoms. The van der Waals surface area contributed by atoms with Crippen LogP contribution in [0.5, 0.6) is 0 Å². The third-order valence-corrected chi connectivity index (χ3v) is 5.03. The first-order valence-electron chi connectivity index (χ1n) is 8.11. The molecule has 0 spiro atoms. The first kappa shape index (κ1) is 20.3. The van der Waals surface area contributed by atoms with Gasteiger partial charge in [0.15, 0.2) is 0 Å². The number of aromatic nitrogens is 2. The van der Waals surface area contributed by atoms with Gasteiger partial charge in [-0.05, 0) is 36.6 Å². The van der Waals surface area contributed by atoms with Crippen molar-refractivity contribution in [1.82, 2.24) is 9.97 Å². The number of sulfonamides is 1. The molecule has 0 aliphatic heterocycles. The van der Waals surface area contributed by atoms with E-state index < -0.39 is 10.0 Å². The van der Waals surface area contributed by atoms with Gasteiger partial charge in [0.25, 0.3) is 0 Å². The number of nitrogen functional groups attached to an aromatic ring is 1. The Morgan fingerprint density at radius 1 is 1.46 bits per heavy atom. The third kappa shape index (κ3) is 5.22. The Bertz CT molecular complexity index is 948. The molecule has 0 aliphatic rings. The number of hydrogen-bond acceptors (Lipinski definition) is 4. The highest BCUT2D eigenvalue weighted by Crippen LogP contribution is 2.30. The molecule has 1 heterocycles. The topological polar surface area (TPSA) is 101 Å². The number of nitrogens with zero attached hydrogens (tertiary/aromatic N) is 1. The van der Waals surface area contributed by atoms with Crippen LogP contribution in [0.25, 0.3) is 17.5 Å². The number of hydrogen-bond donors (Lipinski definition) is 3. The van der Waals surface area contributed by atoms with Crippen molar-refractivity contribution < 1.29 is 8.42 Å². The molecule has 2 rings (SSSR count). The smallest absolute Gasteiger partial charge is 0.229 e. The molecule has 8 heteroatoms. The summed E-state index contributed by atoms with van der Waals surface area (Å²) in [7, 11) is -3.40. The van der Waals surface area contributed by atoms with Crippen LogP contribution in [0.3, 0.4) is 0 Å². The molecule has 0 bridgehead atoms. The van der Waals surface area contributed by atoms with Gasteiger partial charge in [-0.2, -0.15) is 0 Å². The van der Waals surface area contributed by atoms with Gasteiger partial charge < -0.3 is 10.7 Å². The predicted molar refractivity (Wildman–Crippen MR) is 113 cm³/mol. The summed E-state index contributed by atoms with van der Waals surface area (Å²) in [6, 6.07) is 5.02. The maximum absolute atomic E-state index is 11.5. The van der Waals surface area contributed by atoms with Gasteiger partial charge in [-0.1, -0.05) is 42.4 Å². The zero-order chi connectivity index (χ0) is 19.5. The summed E-state index contributed by atoms with van der Waals surface area (Å²) in [5.41, 5.74) is 9.29. The van der Waals surface area contributed by atoms with E-state index >= 15 is 0 Å². The zero-order valence-corrected chi connectivity index (χ0v) is 17.4. The number of aromatic amines is 1. The normalized spacial score (nSPS) is 13.5. The summed E-state index contributed by atoms with van der Waals surface area (Å²) in [6.45, 7) is 7.96. The highest BCUT2D eigenvalue weighted by molar-refractivity contribution is 9.12. The lowest BCUT2D eigenvalue weighted by molar-refractivity contribution is 0.607. The molecule has 1 unspecified atom stereocenters. The first-order chi connectivity index (χ1) is 12.1. The first-order valence-corrected chi connectivity index (χ1v) is 10.8. The van der Waals surface area contributed by atoms with Gasteiger partial charge >= 0.3 is 0 Å². The molecule has 0 aliphatic carbocycles. The monoisotopic (exact) mass is 438 g/mol. The van der Waals surface area contributed by atoms with Crippen molar-refractivity contribution in [2.75, 3.05) is 16.7 Å². The average molecular weight is 439 g/mol. The molecule has 1 aromatic carbocycles. The van der Waals surface area contributed by atoms with Crippen molar-refractivity contribution in [3.8, 4) is 11.4 Å². The Morgan fingerprint density at radius 3 is 2.73 bits per heavy atom. The van der Waals surface area contributed by atoms with Crippen molar-refractivity contribution in [3.63, 3.8) is 0 Å². The molecule has 140 valence electrons. The second-order valence-electron chi connectivity index (χ2n) is 6.14. The lowest BCUT2D eigenvalue weighted by atomic mass is 10.0. The predicted octanol–water partition coefficient (Wildman–Crippen LogP) is 4.47. The van der Waals surface area contributed by atoms with Crippen molar-refractivity contribution in [1.29, 1.82) is 0 Å². The Hall–Kier alpha value is -2.06. The molecule has 6 nitrogen and oxygen atoms in total. The van der Waals surface area contributed by atoms with E-state index in [0.717, 1.165) is 28.5 Å². The van der Waals surface area contributed by atoms with E-state index in [-0.39, 0.29) is 5.92 Å². The number of H-pyrrole nitrogens is 1. The number of halogens is 1. The van der Waals surface area contributed by atoms with Crippen LogP contribution >= 0.6 is 15.9 Å². The van der Waals surface area contributed by atoms with Crippen LogP contribution in [0.15, 0.2) is 35.3 Å². The van der Waals surface area contributed by atoms with E-state index in [1.54, 1.807) is 24.3 Å². The Morgan fingerprint density at radius 2 is 2.15 bits per heavy atom. The summed E-state index contributed by atoms with van der Waals surface area (Å²) in [5.74, 6) is 0.905. The van der Waals surface area contributed by atoms with Crippen LogP contribution < -0.4 is 10.5 Å². The number of rotatable bonds is 7. The van der Waals surface area contributed by atoms with Crippen molar-refractivity contribution >= 4 is 43.4 Å². The van der Waals surface area contributed by atoms with E-state index in [1.165, 1.54) is 0 Å². The van der Waals surface area contributed by atoms with Crippen molar-refractivity contribution in [2.45, 2.75) is 26.2 Å². The largest absolute Gasteiger partial charge is 0.399 e. The van der Waals surface area contributed by atoms with Crippen LogP contribution in [-0.4, -0.2) is 24.6 Å². The van der Waals surface area contributed by atoms with E-state index in [1.807, 2.05) is 6.08 Å². The highest BCUT2D eigenvalue weighted by atomic mass is 79.9. The number of anilines is 2. The number of benzene rings is 1. The molecular formula is C18H23BrN4O2S. The average Bonchev–Trinajstić information content (AvgIpc) is 2.95. The van der Waals surface area contributed by atoms with Gasteiger partial charge in [-0.3, -0.25) is 4.72 Å². The van der Waals surface area contributed by atoms with E-state index in [9.17, 15) is 8.42 Å². The van der Waals surface area contributed by atoms with E-state index in [0.29, 0.717) is 22.8 Å². The van der Waals surface area contributed by atoms with Gasteiger partial charge in [0, 0.05) is 21.4 Å². The number of nitrogens with two attached hydrogens (primary N) is 1. The second-order valence-corrected chi connectivity index (χ2v) is 8.81. The maximum atomic E-state index is 11.5. The lowest BCUT2D eigenvalue weighted by Crippen LogP contribution is -2.09. The number of nitrogens with one attached hydrogen (secondary N) is 2. The molecular weight excluding hydrogens is 416 g/mol. The molecule has 1 aromatic heterocycles. The lowest BCUT2D eigenvalue weighted by Gasteiger charge is -2.08. The van der Waals surface area contributed by atoms with Gasteiger partial charge in [-0.25, -0.2) is 13.4 Å².